The third-order valence-electron chi connectivity index (χ3n) is 4.35. The number of ether oxygens (including phenoxy) is 3. The SMILES string of the molecule is COc1cc(NC(=O)CNC2CCCCCC2)cc(OC)c1OC. The summed E-state index contributed by atoms with van der Waals surface area (Å²) in [5.74, 6) is 1.47. The van der Waals surface area contributed by atoms with E-state index >= 15 is 0 Å². The Morgan fingerprint density at radius 1 is 1.00 bits per heavy atom. The zero-order chi connectivity index (χ0) is 17.4. The number of hydrogen-bond donors (Lipinski definition) is 2. The van der Waals surface area contributed by atoms with Gasteiger partial charge in [-0.1, -0.05) is 25.7 Å². The maximum atomic E-state index is 12.2. The summed E-state index contributed by atoms with van der Waals surface area (Å²) in [5.41, 5.74) is 0.622. The first-order valence-electron chi connectivity index (χ1n) is 8.51. The van der Waals surface area contributed by atoms with Crippen LogP contribution in [-0.4, -0.2) is 39.8 Å². The highest BCUT2D eigenvalue weighted by molar-refractivity contribution is 5.93. The molecule has 1 amide bonds. The minimum Gasteiger partial charge on any atom is -0.493 e. The van der Waals surface area contributed by atoms with Crippen molar-refractivity contribution in [3.63, 3.8) is 0 Å². The van der Waals surface area contributed by atoms with Gasteiger partial charge in [0, 0.05) is 23.9 Å². The molecular weight excluding hydrogens is 308 g/mol. The van der Waals surface area contributed by atoms with Crippen LogP contribution >= 0.6 is 0 Å². The van der Waals surface area contributed by atoms with Crippen LogP contribution in [-0.2, 0) is 4.79 Å². The summed E-state index contributed by atoms with van der Waals surface area (Å²) < 4.78 is 15.9. The molecule has 0 bridgehead atoms. The van der Waals surface area contributed by atoms with Gasteiger partial charge in [0.1, 0.15) is 0 Å². The molecule has 0 radical (unpaired) electrons. The van der Waals surface area contributed by atoms with E-state index in [0.29, 0.717) is 35.5 Å². The Labute approximate surface area is 143 Å². The molecule has 1 aromatic carbocycles. The van der Waals surface area contributed by atoms with Crippen molar-refractivity contribution in [2.24, 2.45) is 0 Å². The molecule has 0 atom stereocenters. The van der Waals surface area contributed by atoms with Crippen LogP contribution in [0.2, 0.25) is 0 Å². The monoisotopic (exact) mass is 336 g/mol. The first-order chi connectivity index (χ1) is 11.7. The summed E-state index contributed by atoms with van der Waals surface area (Å²) in [6.45, 7) is 0.307. The smallest absolute Gasteiger partial charge is 0.238 e. The highest BCUT2D eigenvalue weighted by Crippen LogP contribution is 2.39. The standard InChI is InChI=1S/C18H28N2O4/c1-22-15-10-14(11-16(23-2)18(15)24-3)20-17(21)12-19-13-8-6-4-5-7-9-13/h10-11,13,19H,4-9,12H2,1-3H3,(H,20,21). The van der Waals surface area contributed by atoms with Crippen LogP contribution in [0.15, 0.2) is 12.1 Å². The van der Waals surface area contributed by atoms with E-state index in [1.165, 1.54) is 25.7 Å². The Morgan fingerprint density at radius 3 is 2.08 bits per heavy atom. The van der Waals surface area contributed by atoms with E-state index in [1.807, 2.05) is 0 Å². The van der Waals surface area contributed by atoms with Crippen molar-refractivity contribution in [3.05, 3.63) is 12.1 Å². The number of rotatable bonds is 7. The highest BCUT2D eigenvalue weighted by Gasteiger charge is 2.16. The average Bonchev–Trinajstić information content (AvgIpc) is 2.87. The maximum absolute atomic E-state index is 12.2. The summed E-state index contributed by atoms with van der Waals surface area (Å²) in [5, 5.41) is 6.24. The molecule has 0 aromatic heterocycles. The number of methoxy groups -OCH3 is 3. The topological polar surface area (TPSA) is 68.8 Å². The van der Waals surface area contributed by atoms with Crippen molar-refractivity contribution in [2.45, 2.75) is 44.6 Å². The normalized spacial score (nSPS) is 15.5. The first-order valence-corrected chi connectivity index (χ1v) is 8.51. The molecule has 1 aliphatic rings. The molecule has 0 spiro atoms. The van der Waals surface area contributed by atoms with Gasteiger partial charge in [-0.05, 0) is 12.8 Å². The highest BCUT2D eigenvalue weighted by atomic mass is 16.5. The Balaban J connectivity index is 1.95. The third-order valence-corrected chi connectivity index (χ3v) is 4.35. The second-order valence-corrected chi connectivity index (χ2v) is 6.03. The van der Waals surface area contributed by atoms with Gasteiger partial charge in [0.15, 0.2) is 11.5 Å². The molecule has 134 valence electrons. The van der Waals surface area contributed by atoms with Crippen LogP contribution in [0.1, 0.15) is 38.5 Å². The summed E-state index contributed by atoms with van der Waals surface area (Å²) in [6, 6.07) is 3.90. The molecule has 24 heavy (non-hydrogen) atoms. The van der Waals surface area contributed by atoms with Crippen molar-refractivity contribution in [1.82, 2.24) is 5.32 Å². The average molecular weight is 336 g/mol. The molecule has 1 aliphatic carbocycles. The van der Waals surface area contributed by atoms with Crippen LogP contribution < -0.4 is 24.8 Å². The Morgan fingerprint density at radius 2 is 1.58 bits per heavy atom. The molecule has 6 nitrogen and oxygen atoms in total. The van der Waals surface area contributed by atoms with Gasteiger partial charge in [-0.3, -0.25) is 4.79 Å². The van der Waals surface area contributed by atoms with E-state index < -0.39 is 0 Å². The molecule has 1 aromatic rings. The number of hydrogen-bond acceptors (Lipinski definition) is 5. The van der Waals surface area contributed by atoms with Gasteiger partial charge in [-0.25, -0.2) is 0 Å². The van der Waals surface area contributed by atoms with Crippen LogP contribution in [0.3, 0.4) is 0 Å². The van der Waals surface area contributed by atoms with Crippen molar-refractivity contribution in [3.8, 4) is 17.2 Å². The van der Waals surface area contributed by atoms with Crippen LogP contribution in [0.5, 0.6) is 17.2 Å². The molecule has 0 aliphatic heterocycles. The second kappa shape index (κ2) is 9.37. The molecule has 2 N–H and O–H groups in total. The fourth-order valence-corrected chi connectivity index (χ4v) is 3.08. The number of amides is 1. The van der Waals surface area contributed by atoms with Crippen LogP contribution in [0, 0.1) is 0 Å². The van der Waals surface area contributed by atoms with Crippen LogP contribution in [0.25, 0.3) is 0 Å². The fourth-order valence-electron chi connectivity index (χ4n) is 3.08. The summed E-state index contributed by atoms with van der Waals surface area (Å²) in [6.07, 6.45) is 7.39. The second-order valence-electron chi connectivity index (χ2n) is 6.03. The van der Waals surface area contributed by atoms with E-state index in [0.717, 1.165) is 12.8 Å². The Hall–Kier alpha value is -1.95. The molecule has 0 unspecified atom stereocenters. The molecular formula is C18H28N2O4. The maximum Gasteiger partial charge on any atom is 0.238 e. The summed E-state index contributed by atoms with van der Waals surface area (Å²) in [4.78, 5) is 12.2. The zero-order valence-corrected chi connectivity index (χ0v) is 14.8. The first kappa shape index (κ1) is 18.4. The van der Waals surface area contributed by atoms with E-state index in [2.05, 4.69) is 10.6 Å². The number of carbonyl (C=O) groups excluding carboxylic acids is 1. The fraction of sp³-hybridized carbons (Fsp3) is 0.611. The third kappa shape index (κ3) is 5.03. The van der Waals surface area contributed by atoms with E-state index in [4.69, 9.17) is 14.2 Å². The van der Waals surface area contributed by atoms with Gasteiger partial charge in [0.25, 0.3) is 0 Å². The minimum absolute atomic E-state index is 0.0754. The van der Waals surface area contributed by atoms with E-state index in [-0.39, 0.29) is 5.91 Å². The van der Waals surface area contributed by atoms with Gasteiger partial charge in [-0.15, -0.1) is 0 Å². The van der Waals surface area contributed by atoms with Crippen molar-refractivity contribution in [2.75, 3.05) is 33.2 Å². The lowest BCUT2D eigenvalue weighted by molar-refractivity contribution is -0.115. The number of nitrogens with one attached hydrogen (secondary N) is 2. The molecule has 0 saturated heterocycles. The van der Waals surface area contributed by atoms with Crippen molar-refractivity contribution < 1.29 is 19.0 Å². The summed E-state index contributed by atoms with van der Waals surface area (Å²) in [7, 11) is 4.66. The molecule has 2 rings (SSSR count). The van der Waals surface area contributed by atoms with Crippen LogP contribution in [0.4, 0.5) is 5.69 Å². The van der Waals surface area contributed by atoms with Crippen molar-refractivity contribution in [1.29, 1.82) is 0 Å². The number of carbonyl (C=O) groups is 1. The molecule has 1 fully saturated rings. The lowest BCUT2D eigenvalue weighted by Gasteiger charge is -2.17. The number of anilines is 1. The van der Waals surface area contributed by atoms with Gasteiger partial charge in [0.2, 0.25) is 11.7 Å². The van der Waals surface area contributed by atoms with Gasteiger partial charge in [-0.2, -0.15) is 0 Å². The summed E-state index contributed by atoms with van der Waals surface area (Å²) >= 11 is 0. The number of benzene rings is 1. The quantitative estimate of drug-likeness (QED) is 0.749. The van der Waals surface area contributed by atoms with Gasteiger partial charge in [0.05, 0.1) is 27.9 Å². The lowest BCUT2D eigenvalue weighted by Crippen LogP contribution is -2.35. The predicted molar refractivity (Wildman–Crippen MR) is 94.2 cm³/mol. The van der Waals surface area contributed by atoms with E-state index in [1.54, 1.807) is 33.5 Å². The van der Waals surface area contributed by atoms with Gasteiger partial charge >= 0.3 is 0 Å². The lowest BCUT2D eigenvalue weighted by atomic mass is 10.1. The molecule has 0 heterocycles. The molecule has 1 saturated carbocycles. The minimum atomic E-state index is -0.0754. The van der Waals surface area contributed by atoms with Gasteiger partial charge < -0.3 is 24.8 Å². The Bertz CT molecular complexity index is 515. The predicted octanol–water partition coefficient (Wildman–Crippen LogP) is 2.96. The molecule has 6 heteroatoms. The Kier molecular flexibility index (Phi) is 7.18. The van der Waals surface area contributed by atoms with Crippen molar-refractivity contribution >= 4 is 11.6 Å². The zero-order valence-electron chi connectivity index (χ0n) is 14.8. The largest absolute Gasteiger partial charge is 0.493 e. The van der Waals surface area contributed by atoms with E-state index in [9.17, 15) is 4.79 Å².